The van der Waals surface area contributed by atoms with Gasteiger partial charge in [-0.15, -0.1) is 0 Å². The van der Waals surface area contributed by atoms with Gasteiger partial charge in [-0.3, -0.25) is 0 Å². The van der Waals surface area contributed by atoms with Gasteiger partial charge in [-0.2, -0.15) is 0 Å². The molecule has 0 radical (unpaired) electrons. The minimum atomic E-state index is -0.285. The molecule has 0 aliphatic carbocycles. The molecule has 0 aromatic heterocycles. The fourth-order valence-corrected chi connectivity index (χ4v) is 0.810. The SMILES string of the molecule is CCOC(=O)/C=C(C)/C=C/C=C(C)C. The van der Waals surface area contributed by atoms with Gasteiger partial charge in [0.15, 0.2) is 0 Å². The van der Waals surface area contributed by atoms with Crippen molar-refractivity contribution in [3.8, 4) is 0 Å². The number of hydrogen-bond acceptors (Lipinski definition) is 2. The van der Waals surface area contributed by atoms with Gasteiger partial charge < -0.3 is 4.74 Å². The van der Waals surface area contributed by atoms with E-state index in [0.717, 1.165) is 5.57 Å². The van der Waals surface area contributed by atoms with Crippen molar-refractivity contribution in [2.24, 2.45) is 0 Å². The highest BCUT2D eigenvalue weighted by atomic mass is 16.5. The van der Waals surface area contributed by atoms with Crippen LogP contribution in [0.2, 0.25) is 0 Å². The van der Waals surface area contributed by atoms with Crippen molar-refractivity contribution >= 4 is 5.97 Å². The summed E-state index contributed by atoms with van der Waals surface area (Å²) in [6, 6.07) is 0. The number of ether oxygens (including phenoxy) is 1. The molecule has 0 aliphatic rings. The molecule has 0 bridgehead atoms. The molecule has 0 N–H and O–H groups in total. The number of hydrogen-bond donors (Lipinski definition) is 0. The lowest BCUT2D eigenvalue weighted by molar-refractivity contribution is -0.137. The van der Waals surface area contributed by atoms with Crippen molar-refractivity contribution < 1.29 is 9.53 Å². The highest BCUT2D eigenvalue weighted by molar-refractivity contribution is 5.83. The lowest BCUT2D eigenvalue weighted by atomic mass is 10.2. The molecule has 14 heavy (non-hydrogen) atoms. The Bertz CT molecular complexity index is 266. The number of allylic oxidation sites excluding steroid dienone is 5. The molecule has 0 unspecified atom stereocenters. The van der Waals surface area contributed by atoms with Crippen LogP contribution in [-0.4, -0.2) is 12.6 Å². The summed E-state index contributed by atoms with van der Waals surface area (Å²) >= 11 is 0. The Labute approximate surface area is 86.0 Å². The maximum absolute atomic E-state index is 11.0. The zero-order valence-electron chi connectivity index (χ0n) is 9.33. The maximum Gasteiger partial charge on any atom is 0.330 e. The molecule has 0 atom stereocenters. The van der Waals surface area contributed by atoms with Crippen LogP contribution in [0.1, 0.15) is 27.7 Å². The van der Waals surface area contributed by atoms with Gasteiger partial charge in [0.05, 0.1) is 6.61 Å². The van der Waals surface area contributed by atoms with Gasteiger partial charge in [0.2, 0.25) is 0 Å². The van der Waals surface area contributed by atoms with Gasteiger partial charge in [-0.25, -0.2) is 4.79 Å². The summed E-state index contributed by atoms with van der Waals surface area (Å²) in [6.07, 6.45) is 7.27. The van der Waals surface area contributed by atoms with E-state index < -0.39 is 0 Å². The topological polar surface area (TPSA) is 26.3 Å². The second-order valence-corrected chi connectivity index (χ2v) is 3.24. The first-order valence-corrected chi connectivity index (χ1v) is 4.73. The van der Waals surface area contributed by atoms with Crippen LogP contribution in [0.25, 0.3) is 0 Å². The summed E-state index contributed by atoms with van der Waals surface area (Å²) in [7, 11) is 0. The first-order chi connectivity index (χ1) is 6.56. The molecule has 2 nitrogen and oxygen atoms in total. The van der Waals surface area contributed by atoms with E-state index in [-0.39, 0.29) is 5.97 Å². The summed E-state index contributed by atoms with van der Waals surface area (Å²) in [5.41, 5.74) is 2.12. The van der Waals surface area contributed by atoms with Crippen LogP contribution in [0.3, 0.4) is 0 Å². The van der Waals surface area contributed by atoms with Crippen molar-refractivity contribution in [1.29, 1.82) is 0 Å². The second-order valence-electron chi connectivity index (χ2n) is 3.24. The van der Waals surface area contributed by atoms with E-state index >= 15 is 0 Å². The largest absolute Gasteiger partial charge is 0.463 e. The average molecular weight is 194 g/mol. The minimum Gasteiger partial charge on any atom is -0.463 e. The van der Waals surface area contributed by atoms with Crippen LogP contribution < -0.4 is 0 Å². The molecule has 0 rings (SSSR count). The van der Waals surface area contributed by atoms with Crippen LogP contribution in [0.15, 0.2) is 35.5 Å². The highest BCUT2D eigenvalue weighted by Gasteiger charge is 1.94. The quantitative estimate of drug-likeness (QED) is 0.390. The molecule has 0 aromatic rings. The first kappa shape index (κ1) is 12.7. The van der Waals surface area contributed by atoms with Gasteiger partial charge in [-0.05, 0) is 33.3 Å². The van der Waals surface area contributed by atoms with Gasteiger partial charge in [0, 0.05) is 6.08 Å². The van der Waals surface area contributed by atoms with Crippen LogP contribution in [0, 0.1) is 0 Å². The van der Waals surface area contributed by atoms with Gasteiger partial charge >= 0.3 is 5.97 Å². The molecular formula is C12H18O2. The molecule has 0 fully saturated rings. The van der Waals surface area contributed by atoms with Gasteiger partial charge in [0.25, 0.3) is 0 Å². The monoisotopic (exact) mass is 194 g/mol. The van der Waals surface area contributed by atoms with E-state index in [4.69, 9.17) is 4.74 Å². The zero-order chi connectivity index (χ0) is 11.0. The summed E-state index contributed by atoms with van der Waals surface area (Å²) in [4.78, 5) is 11.0. The number of rotatable bonds is 4. The van der Waals surface area contributed by atoms with Crippen molar-refractivity contribution in [2.45, 2.75) is 27.7 Å². The first-order valence-electron chi connectivity index (χ1n) is 4.73. The number of carbonyl (C=O) groups excluding carboxylic acids is 1. The fourth-order valence-electron chi connectivity index (χ4n) is 0.810. The summed E-state index contributed by atoms with van der Waals surface area (Å²) in [5, 5.41) is 0. The average Bonchev–Trinajstić information content (AvgIpc) is 2.03. The van der Waals surface area contributed by atoms with Gasteiger partial charge in [-0.1, -0.05) is 23.8 Å². The normalized spacial score (nSPS) is 11.6. The molecule has 0 heterocycles. The molecule has 2 heteroatoms. The van der Waals surface area contributed by atoms with E-state index in [0.29, 0.717) is 6.61 Å². The third-order valence-corrected chi connectivity index (χ3v) is 1.42. The molecule has 0 saturated heterocycles. The van der Waals surface area contributed by atoms with Crippen LogP contribution in [0.4, 0.5) is 0 Å². The predicted octanol–water partition coefficient (Wildman–Crippen LogP) is 3.02. The van der Waals surface area contributed by atoms with Crippen LogP contribution >= 0.6 is 0 Å². The molecular weight excluding hydrogens is 176 g/mol. The Balaban J connectivity index is 4.19. The molecule has 0 aromatic carbocycles. The van der Waals surface area contributed by atoms with Crippen LogP contribution in [-0.2, 0) is 9.53 Å². The number of esters is 1. The summed E-state index contributed by atoms with van der Waals surface area (Å²) in [5.74, 6) is -0.285. The van der Waals surface area contributed by atoms with E-state index in [1.165, 1.54) is 11.6 Å². The Kier molecular flexibility index (Phi) is 6.46. The zero-order valence-corrected chi connectivity index (χ0v) is 9.33. The lowest BCUT2D eigenvalue weighted by Crippen LogP contribution is -1.99. The number of carbonyl (C=O) groups is 1. The standard InChI is InChI=1S/C12H18O2/c1-5-14-12(13)9-11(4)8-6-7-10(2)3/h6-9H,5H2,1-4H3/b8-6+,11-9+. The van der Waals surface area contributed by atoms with Crippen molar-refractivity contribution in [2.75, 3.05) is 6.61 Å². The second kappa shape index (κ2) is 7.13. The van der Waals surface area contributed by atoms with Crippen molar-refractivity contribution in [3.63, 3.8) is 0 Å². The third-order valence-electron chi connectivity index (χ3n) is 1.42. The molecule has 0 aliphatic heterocycles. The Morgan fingerprint density at radius 1 is 1.29 bits per heavy atom. The van der Waals surface area contributed by atoms with Crippen LogP contribution in [0.5, 0.6) is 0 Å². The lowest BCUT2D eigenvalue weighted by Gasteiger charge is -1.95. The Morgan fingerprint density at radius 2 is 1.93 bits per heavy atom. The molecule has 78 valence electrons. The summed E-state index contributed by atoms with van der Waals surface area (Å²) < 4.78 is 4.78. The third kappa shape index (κ3) is 7.35. The van der Waals surface area contributed by atoms with E-state index in [2.05, 4.69) is 0 Å². The maximum atomic E-state index is 11.0. The van der Waals surface area contributed by atoms with E-state index in [1.54, 1.807) is 6.92 Å². The van der Waals surface area contributed by atoms with Crippen molar-refractivity contribution in [1.82, 2.24) is 0 Å². The van der Waals surface area contributed by atoms with Crippen molar-refractivity contribution in [3.05, 3.63) is 35.5 Å². The molecule has 0 amide bonds. The predicted molar refractivity (Wildman–Crippen MR) is 59.0 cm³/mol. The fraction of sp³-hybridized carbons (Fsp3) is 0.417. The van der Waals surface area contributed by atoms with E-state index in [9.17, 15) is 4.79 Å². The summed E-state index contributed by atoms with van der Waals surface area (Å²) in [6.45, 7) is 8.12. The van der Waals surface area contributed by atoms with E-state index in [1.807, 2.05) is 39.0 Å². The van der Waals surface area contributed by atoms with Gasteiger partial charge in [0.1, 0.15) is 0 Å². The minimum absolute atomic E-state index is 0.285. The highest BCUT2D eigenvalue weighted by Crippen LogP contribution is 1.98. The Hall–Kier alpha value is -1.31. The Morgan fingerprint density at radius 3 is 2.43 bits per heavy atom. The molecule has 0 spiro atoms. The molecule has 0 saturated carbocycles. The smallest absolute Gasteiger partial charge is 0.330 e.